The summed E-state index contributed by atoms with van der Waals surface area (Å²) in [7, 11) is 1.83. The quantitative estimate of drug-likeness (QED) is 0.503. The van der Waals surface area contributed by atoms with E-state index in [0.717, 1.165) is 5.92 Å². The molecule has 1 saturated carbocycles. The topological polar surface area (TPSA) is 9.23 Å². The second kappa shape index (κ2) is 1.85. The molecule has 10 heavy (non-hydrogen) atoms. The molecule has 1 fully saturated rings. The second-order valence-electron chi connectivity index (χ2n) is 3.72. The lowest BCUT2D eigenvalue weighted by Crippen LogP contribution is -2.25. The summed E-state index contributed by atoms with van der Waals surface area (Å²) in [4.78, 5) is 0. The minimum absolute atomic E-state index is 0.374. The fraction of sp³-hybridized carbons (Fsp3) is 0.778. The highest BCUT2D eigenvalue weighted by Crippen LogP contribution is 2.50. The first-order valence-corrected chi connectivity index (χ1v) is 3.98. The zero-order valence-electron chi connectivity index (χ0n) is 6.63. The van der Waals surface area contributed by atoms with Crippen LogP contribution in [-0.2, 0) is 4.74 Å². The van der Waals surface area contributed by atoms with Crippen LogP contribution in [0.2, 0.25) is 0 Å². The Morgan fingerprint density at radius 1 is 1.60 bits per heavy atom. The molecule has 1 nitrogen and oxygen atoms in total. The number of hydrogen-bond donors (Lipinski definition) is 0. The molecule has 0 radical (unpaired) electrons. The van der Waals surface area contributed by atoms with Crippen molar-refractivity contribution in [3.63, 3.8) is 0 Å². The van der Waals surface area contributed by atoms with E-state index < -0.39 is 0 Å². The van der Waals surface area contributed by atoms with E-state index in [9.17, 15) is 0 Å². The second-order valence-corrected chi connectivity index (χ2v) is 3.72. The highest BCUT2D eigenvalue weighted by Gasteiger charge is 2.46. The Kier molecular flexibility index (Phi) is 1.19. The third-order valence-corrected chi connectivity index (χ3v) is 3.03. The molecule has 0 aromatic heterocycles. The van der Waals surface area contributed by atoms with Crippen molar-refractivity contribution in [3.8, 4) is 0 Å². The van der Waals surface area contributed by atoms with Crippen molar-refractivity contribution in [3.05, 3.63) is 12.2 Å². The van der Waals surface area contributed by atoms with Gasteiger partial charge in [0.25, 0.3) is 0 Å². The Labute approximate surface area is 62.1 Å². The van der Waals surface area contributed by atoms with Crippen molar-refractivity contribution in [1.82, 2.24) is 0 Å². The summed E-state index contributed by atoms with van der Waals surface area (Å²) in [5, 5.41) is 0. The molecule has 2 bridgehead atoms. The predicted molar refractivity (Wildman–Crippen MR) is 40.8 cm³/mol. The van der Waals surface area contributed by atoms with Gasteiger partial charge in [0.15, 0.2) is 0 Å². The van der Waals surface area contributed by atoms with E-state index in [0.29, 0.717) is 11.5 Å². The number of rotatable bonds is 1. The largest absolute Gasteiger partial charge is 0.380 e. The lowest BCUT2D eigenvalue weighted by atomic mass is 9.89. The molecule has 56 valence electrons. The van der Waals surface area contributed by atoms with E-state index in [1.165, 1.54) is 12.8 Å². The summed E-state index contributed by atoms with van der Waals surface area (Å²) in [5.41, 5.74) is 0.374. The molecule has 0 saturated heterocycles. The van der Waals surface area contributed by atoms with Crippen LogP contribution in [0.15, 0.2) is 12.2 Å². The van der Waals surface area contributed by atoms with Crippen molar-refractivity contribution in [2.45, 2.75) is 25.9 Å². The molecular weight excluding hydrogens is 124 g/mol. The number of hydrogen-bond acceptors (Lipinski definition) is 1. The van der Waals surface area contributed by atoms with Crippen molar-refractivity contribution in [2.75, 3.05) is 7.11 Å². The molecule has 0 aromatic rings. The normalized spacial score (nSPS) is 50.6. The summed E-state index contributed by atoms with van der Waals surface area (Å²) in [6.07, 6.45) is 7.76. The average molecular weight is 138 g/mol. The van der Waals surface area contributed by atoms with E-state index in [2.05, 4.69) is 19.1 Å². The zero-order chi connectivity index (χ0) is 7.19. The Bertz CT molecular complexity index is 174. The van der Waals surface area contributed by atoms with Crippen molar-refractivity contribution in [1.29, 1.82) is 0 Å². The van der Waals surface area contributed by atoms with Crippen molar-refractivity contribution >= 4 is 0 Å². The minimum Gasteiger partial charge on any atom is -0.380 e. The summed E-state index contributed by atoms with van der Waals surface area (Å²) < 4.78 is 5.44. The lowest BCUT2D eigenvalue weighted by molar-refractivity contribution is 0.0369. The minimum atomic E-state index is 0.374. The third-order valence-electron chi connectivity index (χ3n) is 3.03. The first kappa shape index (κ1) is 6.41. The number of fused-ring (bicyclic) bond motifs is 2. The van der Waals surface area contributed by atoms with Gasteiger partial charge in [-0.2, -0.15) is 0 Å². The van der Waals surface area contributed by atoms with Gasteiger partial charge in [0.1, 0.15) is 0 Å². The Balaban J connectivity index is 2.27. The van der Waals surface area contributed by atoms with Gasteiger partial charge in [0.2, 0.25) is 0 Å². The fourth-order valence-corrected chi connectivity index (χ4v) is 2.42. The van der Waals surface area contributed by atoms with E-state index in [1.54, 1.807) is 0 Å². The van der Waals surface area contributed by atoms with Crippen LogP contribution in [-0.4, -0.2) is 13.2 Å². The maximum absolute atomic E-state index is 5.44. The Morgan fingerprint density at radius 3 is 2.60 bits per heavy atom. The van der Waals surface area contributed by atoms with Gasteiger partial charge in [-0.15, -0.1) is 0 Å². The molecule has 2 aliphatic carbocycles. The zero-order valence-corrected chi connectivity index (χ0v) is 6.63. The van der Waals surface area contributed by atoms with Gasteiger partial charge >= 0.3 is 0 Å². The first-order chi connectivity index (χ1) is 4.76. The average Bonchev–Trinajstić information content (AvgIpc) is 2.39. The van der Waals surface area contributed by atoms with Crippen LogP contribution in [0, 0.1) is 11.3 Å². The Morgan fingerprint density at radius 2 is 2.40 bits per heavy atom. The van der Waals surface area contributed by atoms with Crippen LogP contribution < -0.4 is 0 Å². The molecule has 0 aliphatic heterocycles. The highest BCUT2D eigenvalue weighted by atomic mass is 16.5. The molecule has 0 spiro atoms. The lowest BCUT2D eigenvalue weighted by Gasteiger charge is -2.23. The molecule has 0 N–H and O–H groups in total. The van der Waals surface area contributed by atoms with E-state index in [1.807, 2.05) is 7.11 Å². The summed E-state index contributed by atoms with van der Waals surface area (Å²) >= 11 is 0. The SMILES string of the molecule is COC1C2C=CC1(C)CC2. The highest BCUT2D eigenvalue weighted by molar-refractivity contribution is 5.19. The van der Waals surface area contributed by atoms with Crippen LogP contribution >= 0.6 is 0 Å². The van der Waals surface area contributed by atoms with Crippen LogP contribution in [0.25, 0.3) is 0 Å². The van der Waals surface area contributed by atoms with Crippen LogP contribution in [0.3, 0.4) is 0 Å². The fourth-order valence-electron chi connectivity index (χ4n) is 2.42. The van der Waals surface area contributed by atoms with Gasteiger partial charge in [0.05, 0.1) is 6.10 Å². The standard InChI is InChI=1S/C9H14O/c1-9-5-3-7(4-6-9)8(9)10-2/h3,5,7-8H,4,6H2,1-2H3. The smallest absolute Gasteiger partial charge is 0.0721 e. The van der Waals surface area contributed by atoms with Gasteiger partial charge in [-0.3, -0.25) is 0 Å². The molecule has 3 unspecified atom stereocenters. The van der Waals surface area contributed by atoms with Crippen LogP contribution in [0.4, 0.5) is 0 Å². The third kappa shape index (κ3) is 0.615. The van der Waals surface area contributed by atoms with Crippen molar-refractivity contribution < 1.29 is 4.74 Å². The maximum atomic E-state index is 5.44. The predicted octanol–water partition coefficient (Wildman–Crippen LogP) is 1.99. The number of methoxy groups -OCH3 is 1. The summed E-state index contributed by atoms with van der Waals surface area (Å²) in [6, 6.07) is 0. The van der Waals surface area contributed by atoms with Crippen LogP contribution in [0.5, 0.6) is 0 Å². The van der Waals surface area contributed by atoms with Gasteiger partial charge in [-0.1, -0.05) is 19.1 Å². The first-order valence-electron chi connectivity index (χ1n) is 3.98. The van der Waals surface area contributed by atoms with E-state index >= 15 is 0 Å². The Hall–Kier alpha value is -0.300. The molecule has 0 amide bonds. The van der Waals surface area contributed by atoms with Gasteiger partial charge in [0, 0.05) is 18.4 Å². The number of ether oxygens (including phenoxy) is 1. The molecule has 2 aliphatic rings. The van der Waals surface area contributed by atoms with Crippen molar-refractivity contribution in [2.24, 2.45) is 11.3 Å². The molecular formula is C9H14O. The van der Waals surface area contributed by atoms with E-state index in [-0.39, 0.29) is 0 Å². The monoisotopic (exact) mass is 138 g/mol. The van der Waals surface area contributed by atoms with Gasteiger partial charge in [-0.25, -0.2) is 0 Å². The molecule has 2 rings (SSSR count). The van der Waals surface area contributed by atoms with Gasteiger partial charge in [-0.05, 0) is 12.8 Å². The van der Waals surface area contributed by atoms with Crippen LogP contribution in [0.1, 0.15) is 19.8 Å². The van der Waals surface area contributed by atoms with E-state index in [4.69, 9.17) is 4.74 Å². The molecule has 0 heterocycles. The maximum Gasteiger partial charge on any atom is 0.0721 e. The van der Waals surface area contributed by atoms with Gasteiger partial charge < -0.3 is 4.74 Å². The molecule has 3 atom stereocenters. The molecule has 1 heteroatoms. The summed E-state index contributed by atoms with van der Waals surface area (Å²) in [5.74, 6) is 0.718. The summed E-state index contributed by atoms with van der Waals surface area (Å²) in [6.45, 7) is 2.30. The molecule has 0 aromatic carbocycles.